The highest BCUT2D eigenvalue weighted by molar-refractivity contribution is 5.84. The second-order valence-corrected chi connectivity index (χ2v) is 4.49. The number of benzene rings is 2. The van der Waals surface area contributed by atoms with E-state index in [-0.39, 0.29) is 5.92 Å². The van der Waals surface area contributed by atoms with Crippen LogP contribution in [0, 0.1) is 0 Å². The van der Waals surface area contributed by atoms with Crippen LogP contribution in [-0.4, -0.2) is 11.5 Å². The van der Waals surface area contributed by atoms with Gasteiger partial charge in [-0.1, -0.05) is 42.5 Å². The molecule has 0 aliphatic heterocycles. The zero-order valence-electron chi connectivity index (χ0n) is 10.1. The van der Waals surface area contributed by atoms with Crippen LogP contribution in [0.4, 0.5) is 0 Å². The summed E-state index contributed by atoms with van der Waals surface area (Å²) in [6.07, 6.45) is 1.98. The summed E-state index contributed by atoms with van der Waals surface area (Å²) < 4.78 is 0. The third kappa shape index (κ3) is 1.81. The molecule has 1 unspecified atom stereocenters. The van der Waals surface area contributed by atoms with Gasteiger partial charge in [0.05, 0.1) is 0 Å². The zero-order chi connectivity index (χ0) is 12.4. The molecule has 3 rings (SSSR count). The van der Waals surface area contributed by atoms with Gasteiger partial charge >= 0.3 is 0 Å². The van der Waals surface area contributed by atoms with E-state index in [1.807, 2.05) is 12.3 Å². The van der Waals surface area contributed by atoms with Crippen molar-refractivity contribution in [3.8, 4) is 0 Å². The standard InChI is InChI=1S/C16H16N2/c17-11-15(12-5-2-1-3-6-12)13-7-4-8-16-14(13)9-10-18-16/h1-10,15,18H,11,17H2. The summed E-state index contributed by atoms with van der Waals surface area (Å²) >= 11 is 0. The van der Waals surface area contributed by atoms with Gasteiger partial charge in [-0.2, -0.15) is 0 Å². The van der Waals surface area contributed by atoms with Gasteiger partial charge in [0.15, 0.2) is 0 Å². The van der Waals surface area contributed by atoms with Gasteiger partial charge in [0.25, 0.3) is 0 Å². The second kappa shape index (κ2) is 4.67. The van der Waals surface area contributed by atoms with Crippen LogP contribution in [-0.2, 0) is 0 Å². The minimum Gasteiger partial charge on any atom is -0.361 e. The predicted molar refractivity (Wildman–Crippen MR) is 75.6 cm³/mol. The molecule has 3 aromatic rings. The highest BCUT2D eigenvalue weighted by Crippen LogP contribution is 2.29. The first-order valence-electron chi connectivity index (χ1n) is 6.21. The van der Waals surface area contributed by atoms with Crippen molar-refractivity contribution in [3.63, 3.8) is 0 Å². The molecule has 18 heavy (non-hydrogen) atoms. The molecule has 0 aliphatic rings. The molecular formula is C16H16N2. The normalized spacial score (nSPS) is 12.7. The molecular weight excluding hydrogens is 220 g/mol. The molecule has 0 amide bonds. The maximum absolute atomic E-state index is 5.99. The van der Waals surface area contributed by atoms with Crippen LogP contribution in [0.25, 0.3) is 10.9 Å². The molecule has 0 saturated heterocycles. The summed E-state index contributed by atoms with van der Waals surface area (Å²) in [7, 11) is 0. The number of hydrogen-bond donors (Lipinski definition) is 2. The Morgan fingerprint density at radius 2 is 1.78 bits per heavy atom. The highest BCUT2D eigenvalue weighted by atomic mass is 14.7. The van der Waals surface area contributed by atoms with Crippen molar-refractivity contribution in [2.45, 2.75) is 5.92 Å². The zero-order valence-corrected chi connectivity index (χ0v) is 10.1. The van der Waals surface area contributed by atoms with E-state index in [1.54, 1.807) is 0 Å². The third-order valence-electron chi connectivity index (χ3n) is 3.44. The molecule has 0 saturated carbocycles. The van der Waals surface area contributed by atoms with Crippen LogP contribution < -0.4 is 5.73 Å². The van der Waals surface area contributed by atoms with Gasteiger partial charge in [-0.05, 0) is 23.3 Å². The molecule has 0 spiro atoms. The topological polar surface area (TPSA) is 41.8 Å². The average molecular weight is 236 g/mol. The lowest BCUT2D eigenvalue weighted by Gasteiger charge is -2.16. The molecule has 2 nitrogen and oxygen atoms in total. The lowest BCUT2D eigenvalue weighted by atomic mass is 9.89. The first kappa shape index (κ1) is 11.1. The minimum absolute atomic E-state index is 0.255. The Morgan fingerprint density at radius 1 is 0.944 bits per heavy atom. The molecule has 2 aromatic carbocycles. The lowest BCUT2D eigenvalue weighted by Crippen LogP contribution is -2.13. The van der Waals surface area contributed by atoms with Crippen LogP contribution in [0.5, 0.6) is 0 Å². The van der Waals surface area contributed by atoms with Crippen molar-refractivity contribution in [3.05, 3.63) is 71.9 Å². The average Bonchev–Trinajstić information content (AvgIpc) is 2.90. The van der Waals surface area contributed by atoms with E-state index in [1.165, 1.54) is 22.0 Å². The number of rotatable bonds is 3. The van der Waals surface area contributed by atoms with Crippen LogP contribution >= 0.6 is 0 Å². The Labute approximate surface area is 106 Å². The van der Waals surface area contributed by atoms with E-state index in [4.69, 9.17) is 5.73 Å². The molecule has 1 aromatic heterocycles. The van der Waals surface area contributed by atoms with E-state index < -0.39 is 0 Å². The fraction of sp³-hybridized carbons (Fsp3) is 0.125. The van der Waals surface area contributed by atoms with Crippen LogP contribution in [0.2, 0.25) is 0 Å². The monoisotopic (exact) mass is 236 g/mol. The quantitative estimate of drug-likeness (QED) is 0.720. The number of H-pyrrole nitrogens is 1. The third-order valence-corrected chi connectivity index (χ3v) is 3.44. The van der Waals surface area contributed by atoms with Gasteiger partial charge in [-0.25, -0.2) is 0 Å². The van der Waals surface area contributed by atoms with Gasteiger partial charge in [0, 0.05) is 29.6 Å². The number of aromatic nitrogens is 1. The minimum atomic E-state index is 0.255. The van der Waals surface area contributed by atoms with Crippen LogP contribution in [0.15, 0.2) is 60.8 Å². The van der Waals surface area contributed by atoms with Crippen molar-refractivity contribution in [2.24, 2.45) is 5.73 Å². The van der Waals surface area contributed by atoms with E-state index >= 15 is 0 Å². The summed E-state index contributed by atoms with van der Waals surface area (Å²) in [5, 5.41) is 1.26. The molecule has 1 heterocycles. The van der Waals surface area contributed by atoms with E-state index in [0.717, 1.165) is 0 Å². The lowest BCUT2D eigenvalue weighted by molar-refractivity contribution is 0.826. The van der Waals surface area contributed by atoms with E-state index in [2.05, 4.69) is 53.5 Å². The summed E-state index contributed by atoms with van der Waals surface area (Å²) in [6, 6.07) is 18.9. The Balaban J connectivity index is 2.15. The maximum atomic E-state index is 5.99. The number of fused-ring (bicyclic) bond motifs is 1. The predicted octanol–water partition coefficient (Wildman–Crippen LogP) is 3.26. The van der Waals surface area contributed by atoms with Gasteiger partial charge in [0.1, 0.15) is 0 Å². The molecule has 90 valence electrons. The Morgan fingerprint density at radius 3 is 2.56 bits per heavy atom. The molecule has 0 fully saturated rings. The maximum Gasteiger partial charge on any atom is 0.0456 e. The number of nitrogens with two attached hydrogens (primary N) is 1. The first-order valence-corrected chi connectivity index (χ1v) is 6.21. The van der Waals surface area contributed by atoms with Gasteiger partial charge < -0.3 is 10.7 Å². The Kier molecular flexibility index (Phi) is 2.87. The van der Waals surface area contributed by atoms with Crippen molar-refractivity contribution >= 4 is 10.9 Å². The van der Waals surface area contributed by atoms with Crippen LogP contribution in [0.3, 0.4) is 0 Å². The molecule has 1 atom stereocenters. The molecule has 0 radical (unpaired) electrons. The second-order valence-electron chi connectivity index (χ2n) is 4.49. The summed E-state index contributed by atoms with van der Waals surface area (Å²) in [4.78, 5) is 3.25. The number of nitrogens with one attached hydrogen (secondary N) is 1. The summed E-state index contributed by atoms with van der Waals surface area (Å²) in [5.41, 5.74) is 9.72. The molecule has 3 N–H and O–H groups in total. The Bertz CT molecular complexity index is 640. The molecule has 0 aliphatic carbocycles. The van der Waals surface area contributed by atoms with E-state index in [9.17, 15) is 0 Å². The fourth-order valence-corrected chi connectivity index (χ4v) is 2.54. The van der Waals surface area contributed by atoms with Crippen molar-refractivity contribution in [2.75, 3.05) is 6.54 Å². The number of hydrogen-bond acceptors (Lipinski definition) is 1. The SMILES string of the molecule is NCC(c1ccccc1)c1cccc2[nH]ccc12. The fourth-order valence-electron chi connectivity index (χ4n) is 2.54. The molecule has 0 bridgehead atoms. The van der Waals surface area contributed by atoms with Gasteiger partial charge in [-0.15, -0.1) is 0 Å². The van der Waals surface area contributed by atoms with Crippen molar-refractivity contribution < 1.29 is 0 Å². The Hall–Kier alpha value is -2.06. The molecule has 2 heteroatoms. The largest absolute Gasteiger partial charge is 0.361 e. The smallest absolute Gasteiger partial charge is 0.0456 e. The summed E-state index contributed by atoms with van der Waals surface area (Å²) in [5.74, 6) is 0.255. The highest BCUT2D eigenvalue weighted by Gasteiger charge is 2.14. The van der Waals surface area contributed by atoms with E-state index in [0.29, 0.717) is 6.54 Å². The van der Waals surface area contributed by atoms with Crippen molar-refractivity contribution in [1.82, 2.24) is 4.98 Å². The van der Waals surface area contributed by atoms with Crippen molar-refractivity contribution in [1.29, 1.82) is 0 Å². The van der Waals surface area contributed by atoms with Gasteiger partial charge in [-0.3, -0.25) is 0 Å². The number of aromatic amines is 1. The van der Waals surface area contributed by atoms with Crippen LogP contribution in [0.1, 0.15) is 17.0 Å². The van der Waals surface area contributed by atoms with Gasteiger partial charge in [0.2, 0.25) is 0 Å². The first-order chi connectivity index (χ1) is 8.90. The summed E-state index contributed by atoms with van der Waals surface area (Å²) in [6.45, 7) is 0.619.